The van der Waals surface area contributed by atoms with Crippen molar-refractivity contribution in [1.29, 1.82) is 0 Å². The van der Waals surface area contributed by atoms with Crippen LogP contribution < -0.4 is 5.32 Å². The molecule has 118 valence electrons. The fraction of sp³-hybridized carbons (Fsp3) is 0.571. The van der Waals surface area contributed by atoms with Crippen LogP contribution in [-0.2, 0) is 16.6 Å². The van der Waals surface area contributed by atoms with Gasteiger partial charge in [-0.1, -0.05) is 29.3 Å². The van der Waals surface area contributed by atoms with Crippen LogP contribution in [0.15, 0.2) is 21.5 Å². The number of nitrogens with one attached hydrogen (secondary N) is 1. The first-order valence-corrected chi connectivity index (χ1v) is 9.28. The van der Waals surface area contributed by atoms with E-state index >= 15 is 0 Å². The minimum absolute atomic E-state index is 0.00871. The monoisotopic (exact) mass is 378 g/mol. The lowest BCUT2D eigenvalue weighted by molar-refractivity contribution is 0.249. The second kappa shape index (κ2) is 6.73. The van der Waals surface area contributed by atoms with Gasteiger partial charge in [-0.25, -0.2) is 12.8 Å². The molecule has 7 heteroatoms. The molecule has 0 saturated heterocycles. The van der Waals surface area contributed by atoms with Crippen LogP contribution in [0.5, 0.6) is 0 Å². The highest BCUT2D eigenvalue weighted by molar-refractivity contribution is 9.10. The highest BCUT2D eigenvalue weighted by Gasteiger charge is 2.34. The molecule has 0 radical (unpaired) electrons. The number of benzene rings is 1. The summed E-state index contributed by atoms with van der Waals surface area (Å²) in [6.07, 6.45) is 2.71. The number of halogens is 2. The molecule has 0 amide bonds. The van der Waals surface area contributed by atoms with Crippen molar-refractivity contribution in [2.24, 2.45) is 0 Å². The highest BCUT2D eigenvalue weighted by atomic mass is 79.9. The zero-order chi connectivity index (χ0) is 15.6. The van der Waals surface area contributed by atoms with E-state index in [0.717, 1.165) is 19.3 Å². The summed E-state index contributed by atoms with van der Waals surface area (Å²) in [5.74, 6) is -0.662. The molecule has 0 heterocycles. The van der Waals surface area contributed by atoms with E-state index in [-0.39, 0.29) is 10.9 Å². The molecule has 1 fully saturated rings. The van der Waals surface area contributed by atoms with E-state index < -0.39 is 15.8 Å². The van der Waals surface area contributed by atoms with Crippen LogP contribution in [0.4, 0.5) is 4.39 Å². The molecule has 4 nitrogen and oxygen atoms in total. The lowest BCUT2D eigenvalue weighted by Gasteiger charge is -2.34. The third-order valence-electron chi connectivity index (χ3n) is 3.89. The maximum Gasteiger partial charge on any atom is 0.246 e. The average Bonchev–Trinajstić information content (AvgIpc) is 2.37. The van der Waals surface area contributed by atoms with Gasteiger partial charge in [-0.3, -0.25) is 0 Å². The quantitative estimate of drug-likeness (QED) is 0.827. The fourth-order valence-electron chi connectivity index (χ4n) is 2.30. The van der Waals surface area contributed by atoms with Crippen molar-refractivity contribution in [3.8, 4) is 0 Å². The number of nitrogens with zero attached hydrogens (tertiary/aromatic N) is 1. The van der Waals surface area contributed by atoms with Gasteiger partial charge >= 0.3 is 0 Å². The summed E-state index contributed by atoms with van der Waals surface area (Å²) in [6.45, 7) is 2.91. The van der Waals surface area contributed by atoms with Gasteiger partial charge in [0.2, 0.25) is 10.0 Å². The molecule has 0 unspecified atom stereocenters. The number of hydrogen-bond acceptors (Lipinski definition) is 3. The first-order chi connectivity index (χ1) is 9.87. The molecule has 0 spiro atoms. The van der Waals surface area contributed by atoms with Crippen LogP contribution in [0.1, 0.15) is 31.7 Å². The van der Waals surface area contributed by atoms with Crippen LogP contribution in [0.2, 0.25) is 0 Å². The Kier molecular flexibility index (Phi) is 5.40. The van der Waals surface area contributed by atoms with Gasteiger partial charge in [0.25, 0.3) is 0 Å². The Morgan fingerprint density at radius 3 is 2.62 bits per heavy atom. The van der Waals surface area contributed by atoms with Crippen molar-refractivity contribution in [2.45, 2.75) is 43.7 Å². The molecule has 1 aromatic carbocycles. The topological polar surface area (TPSA) is 49.4 Å². The molecule has 1 aromatic rings. The Morgan fingerprint density at radius 1 is 1.43 bits per heavy atom. The largest absolute Gasteiger partial charge is 0.313 e. The van der Waals surface area contributed by atoms with Crippen molar-refractivity contribution in [3.05, 3.63) is 28.0 Å². The summed E-state index contributed by atoms with van der Waals surface area (Å²) in [7, 11) is -2.27. The van der Waals surface area contributed by atoms with Crippen molar-refractivity contribution in [2.75, 3.05) is 13.6 Å². The minimum Gasteiger partial charge on any atom is -0.313 e. The molecule has 1 saturated carbocycles. The molecule has 0 bridgehead atoms. The normalized spacial score (nSPS) is 16.2. The first kappa shape index (κ1) is 16.9. The first-order valence-electron chi connectivity index (χ1n) is 7.04. The summed E-state index contributed by atoms with van der Waals surface area (Å²) in [5, 5.41) is 3.02. The van der Waals surface area contributed by atoms with Gasteiger partial charge < -0.3 is 5.32 Å². The Bertz CT molecular complexity index is 618. The molecule has 21 heavy (non-hydrogen) atoms. The zero-order valence-electron chi connectivity index (χ0n) is 12.2. The second-order valence-electron chi connectivity index (χ2n) is 5.26. The second-order valence-corrected chi connectivity index (χ2v) is 8.14. The third kappa shape index (κ3) is 3.47. The summed E-state index contributed by atoms with van der Waals surface area (Å²) >= 11 is 3.27. The SMILES string of the molecule is CCNCc1cc(Br)cc(S(=O)(=O)N(C)C2CCC2)c1F. The molecule has 1 aliphatic rings. The molecule has 0 atom stereocenters. The lowest BCUT2D eigenvalue weighted by atomic mass is 9.94. The summed E-state index contributed by atoms with van der Waals surface area (Å²) in [6, 6.07) is 2.95. The van der Waals surface area contributed by atoms with Gasteiger partial charge in [-0.15, -0.1) is 0 Å². The van der Waals surface area contributed by atoms with Gasteiger partial charge in [-0.2, -0.15) is 4.31 Å². The molecule has 2 rings (SSSR count). The summed E-state index contributed by atoms with van der Waals surface area (Å²) < 4.78 is 41.6. The maximum absolute atomic E-state index is 14.6. The Balaban J connectivity index is 2.39. The van der Waals surface area contributed by atoms with E-state index in [1.165, 1.54) is 17.4 Å². The van der Waals surface area contributed by atoms with Crippen LogP contribution in [0.3, 0.4) is 0 Å². The minimum atomic E-state index is -3.80. The summed E-state index contributed by atoms with van der Waals surface area (Å²) in [4.78, 5) is -0.251. The lowest BCUT2D eigenvalue weighted by Crippen LogP contribution is -2.41. The Labute approximate surface area is 133 Å². The predicted molar refractivity (Wildman–Crippen MR) is 84.1 cm³/mol. The maximum atomic E-state index is 14.6. The average molecular weight is 379 g/mol. The molecule has 1 aliphatic carbocycles. The van der Waals surface area contributed by atoms with Gasteiger partial charge in [0.15, 0.2) is 0 Å². The van der Waals surface area contributed by atoms with Crippen LogP contribution >= 0.6 is 15.9 Å². The number of hydrogen-bond donors (Lipinski definition) is 1. The van der Waals surface area contributed by atoms with Crippen molar-refractivity contribution in [3.63, 3.8) is 0 Å². The van der Waals surface area contributed by atoms with Crippen LogP contribution in [0, 0.1) is 5.82 Å². The molecular formula is C14H20BrFN2O2S. The third-order valence-corrected chi connectivity index (χ3v) is 6.26. The molecule has 1 N–H and O–H groups in total. The van der Waals surface area contributed by atoms with Crippen molar-refractivity contribution >= 4 is 26.0 Å². The number of sulfonamides is 1. The van der Waals surface area contributed by atoms with Gasteiger partial charge in [-0.05, 0) is 31.5 Å². The van der Waals surface area contributed by atoms with E-state index in [4.69, 9.17) is 0 Å². The fourth-order valence-corrected chi connectivity index (χ4v) is 4.50. The Morgan fingerprint density at radius 2 is 2.10 bits per heavy atom. The van der Waals surface area contributed by atoms with Crippen LogP contribution in [0.25, 0.3) is 0 Å². The molecule has 0 aliphatic heterocycles. The van der Waals surface area contributed by atoms with Gasteiger partial charge in [0, 0.05) is 29.7 Å². The summed E-state index contributed by atoms with van der Waals surface area (Å²) in [5.41, 5.74) is 0.354. The molecule has 0 aromatic heterocycles. The van der Waals surface area contributed by atoms with E-state index in [2.05, 4.69) is 21.2 Å². The van der Waals surface area contributed by atoms with Crippen molar-refractivity contribution < 1.29 is 12.8 Å². The van der Waals surface area contributed by atoms with E-state index in [0.29, 0.717) is 23.1 Å². The zero-order valence-corrected chi connectivity index (χ0v) is 14.6. The smallest absolute Gasteiger partial charge is 0.246 e. The van der Waals surface area contributed by atoms with E-state index in [9.17, 15) is 12.8 Å². The Hall–Kier alpha value is -0.500. The highest BCUT2D eigenvalue weighted by Crippen LogP contribution is 2.31. The standard InChI is InChI=1S/C14H20BrFN2O2S/c1-3-17-9-10-7-11(15)8-13(14(10)16)21(19,20)18(2)12-5-4-6-12/h7-8,12,17H,3-6,9H2,1-2H3. The van der Waals surface area contributed by atoms with Gasteiger partial charge in [0.1, 0.15) is 10.7 Å². The molecular weight excluding hydrogens is 359 g/mol. The van der Waals surface area contributed by atoms with E-state index in [1.807, 2.05) is 6.92 Å². The predicted octanol–water partition coefficient (Wildman–Crippen LogP) is 2.87. The van der Waals surface area contributed by atoms with E-state index in [1.54, 1.807) is 6.07 Å². The van der Waals surface area contributed by atoms with Gasteiger partial charge in [0.05, 0.1) is 0 Å². The van der Waals surface area contributed by atoms with Crippen LogP contribution in [-0.4, -0.2) is 32.4 Å². The van der Waals surface area contributed by atoms with Crippen molar-refractivity contribution in [1.82, 2.24) is 9.62 Å². The number of rotatable bonds is 6.